The number of benzene rings is 1. The smallest absolute Gasteiger partial charge is 0.0367 e. The first-order valence-corrected chi connectivity index (χ1v) is 7.49. The van der Waals surface area contributed by atoms with Gasteiger partial charge in [0.1, 0.15) is 0 Å². The van der Waals surface area contributed by atoms with Crippen LogP contribution in [0.4, 0.5) is 11.4 Å². The SMILES string of the molecule is CCCCCCNc1ccc(N2CCCC2)cc1. The van der Waals surface area contributed by atoms with E-state index >= 15 is 0 Å². The molecule has 0 spiro atoms. The zero-order valence-corrected chi connectivity index (χ0v) is 11.6. The number of nitrogens with zero attached hydrogens (tertiary/aromatic N) is 1. The molecule has 0 saturated carbocycles. The summed E-state index contributed by atoms with van der Waals surface area (Å²) in [6.45, 7) is 5.81. The van der Waals surface area contributed by atoms with E-state index in [1.807, 2.05) is 0 Å². The molecule has 0 amide bonds. The van der Waals surface area contributed by atoms with Crippen molar-refractivity contribution < 1.29 is 0 Å². The van der Waals surface area contributed by atoms with E-state index in [4.69, 9.17) is 0 Å². The van der Waals surface area contributed by atoms with Crippen LogP contribution < -0.4 is 10.2 Å². The Labute approximate surface area is 111 Å². The molecule has 1 aromatic rings. The van der Waals surface area contributed by atoms with Gasteiger partial charge in [-0.3, -0.25) is 0 Å². The van der Waals surface area contributed by atoms with E-state index in [0.29, 0.717) is 0 Å². The van der Waals surface area contributed by atoms with Gasteiger partial charge in [-0.15, -0.1) is 0 Å². The van der Waals surface area contributed by atoms with Crippen molar-refractivity contribution in [3.63, 3.8) is 0 Å². The van der Waals surface area contributed by atoms with Crippen LogP contribution in [-0.2, 0) is 0 Å². The van der Waals surface area contributed by atoms with Crippen molar-refractivity contribution >= 4 is 11.4 Å². The number of unbranched alkanes of at least 4 members (excludes halogenated alkanes) is 3. The van der Waals surface area contributed by atoms with Gasteiger partial charge in [0, 0.05) is 31.0 Å². The van der Waals surface area contributed by atoms with E-state index in [9.17, 15) is 0 Å². The average molecular weight is 246 g/mol. The monoisotopic (exact) mass is 246 g/mol. The fourth-order valence-electron chi connectivity index (χ4n) is 2.55. The van der Waals surface area contributed by atoms with Gasteiger partial charge < -0.3 is 10.2 Å². The van der Waals surface area contributed by atoms with Crippen LogP contribution in [0.1, 0.15) is 45.4 Å². The summed E-state index contributed by atoms with van der Waals surface area (Å²) in [6.07, 6.45) is 7.98. The molecule has 1 saturated heterocycles. The highest BCUT2D eigenvalue weighted by molar-refractivity contribution is 5.55. The summed E-state index contributed by atoms with van der Waals surface area (Å²) in [7, 11) is 0. The van der Waals surface area contributed by atoms with Gasteiger partial charge in [-0.05, 0) is 43.5 Å². The molecule has 1 aromatic carbocycles. The Morgan fingerprint density at radius 1 is 1.00 bits per heavy atom. The summed E-state index contributed by atoms with van der Waals surface area (Å²) in [4.78, 5) is 2.48. The lowest BCUT2D eigenvalue weighted by Crippen LogP contribution is -2.17. The normalized spacial score (nSPS) is 15.1. The molecule has 18 heavy (non-hydrogen) atoms. The molecule has 0 aliphatic carbocycles. The first kappa shape index (κ1) is 13.3. The summed E-state index contributed by atoms with van der Waals surface area (Å²) in [5.74, 6) is 0. The molecule has 100 valence electrons. The lowest BCUT2D eigenvalue weighted by atomic mass is 10.2. The molecule has 0 aromatic heterocycles. The molecule has 2 heteroatoms. The minimum absolute atomic E-state index is 1.10. The molecular weight excluding hydrogens is 220 g/mol. The second kappa shape index (κ2) is 7.30. The maximum Gasteiger partial charge on any atom is 0.0367 e. The molecule has 1 aliphatic rings. The number of nitrogens with one attached hydrogen (secondary N) is 1. The fraction of sp³-hybridized carbons (Fsp3) is 0.625. The Morgan fingerprint density at radius 3 is 2.39 bits per heavy atom. The number of anilines is 2. The highest BCUT2D eigenvalue weighted by Crippen LogP contribution is 2.21. The van der Waals surface area contributed by atoms with Crippen LogP contribution in [0.2, 0.25) is 0 Å². The molecule has 1 aliphatic heterocycles. The van der Waals surface area contributed by atoms with Crippen molar-refractivity contribution in [2.75, 3.05) is 29.9 Å². The van der Waals surface area contributed by atoms with E-state index in [1.54, 1.807) is 0 Å². The molecule has 1 heterocycles. The van der Waals surface area contributed by atoms with Crippen molar-refractivity contribution in [2.24, 2.45) is 0 Å². The van der Waals surface area contributed by atoms with E-state index in [0.717, 1.165) is 6.54 Å². The highest BCUT2D eigenvalue weighted by Gasteiger charge is 2.11. The second-order valence-corrected chi connectivity index (χ2v) is 5.23. The molecule has 0 radical (unpaired) electrons. The van der Waals surface area contributed by atoms with Crippen molar-refractivity contribution in [3.8, 4) is 0 Å². The predicted molar refractivity (Wildman–Crippen MR) is 80.5 cm³/mol. The third kappa shape index (κ3) is 3.94. The van der Waals surface area contributed by atoms with Crippen LogP contribution >= 0.6 is 0 Å². The van der Waals surface area contributed by atoms with E-state index in [2.05, 4.69) is 41.4 Å². The van der Waals surface area contributed by atoms with Crippen LogP contribution in [0.15, 0.2) is 24.3 Å². The third-order valence-corrected chi connectivity index (χ3v) is 3.70. The fourth-order valence-corrected chi connectivity index (χ4v) is 2.55. The van der Waals surface area contributed by atoms with Gasteiger partial charge in [0.15, 0.2) is 0 Å². The zero-order chi connectivity index (χ0) is 12.6. The lowest BCUT2D eigenvalue weighted by molar-refractivity contribution is 0.685. The predicted octanol–water partition coefficient (Wildman–Crippen LogP) is 4.28. The zero-order valence-electron chi connectivity index (χ0n) is 11.6. The topological polar surface area (TPSA) is 15.3 Å². The number of hydrogen-bond acceptors (Lipinski definition) is 2. The van der Waals surface area contributed by atoms with Crippen molar-refractivity contribution in [3.05, 3.63) is 24.3 Å². The summed E-state index contributed by atoms with van der Waals surface area (Å²) < 4.78 is 0. The number of rotatable bonds is 7. The van der Waals surface area contributed by atoms with Gasteiger partial charge in [-0.25, -0.2) is 0 Å². The largest absolute Gasteiger partial charge is 0.385 e. The van der Waals surface area contributed by atoms with E-state index < -0.39 is 0 Å². The summed E-state index contributed by atoms with van der Waals surface area (Å²) in [6, 6.07) is 8.93. The Morgan fingerprint density at radius 2 is 1.72 bits per heavy atom. The van der Waals surface area contributed by atoms with Gasteiger partial charge >= 0.3 is 0 Å². The van der Waals surface area contributed by atoms with Crippen molar-refractivity contribution in [1.82, 2.24) is 0 Å². The van der Waals surface area contributed by atoms with Crippen molar-refractivity contribution in [1.29, 1.82) is 0 Å². The summed E-state index contributed by atoms with van der Waals surface area (Å²) >= 11 is 0. The van der Waals surface area contributed by atoms with Crippen LogP contribution in [0.25, 0.3) is 0 Å². The van der Waals surface area contributed by atoms with Gasteiger partial charge in [0.05, 0.1) is 0 Å². The average Bonchev–Trinajstić information content (AvgIpc) is 2.93. The first-order valence-electron chi connectivity index (χ1n) is 7.49. The second-order valence-electron chi connectivity index (χ2n) is 5.23. The van der Waals surface area contributed by atoms with Gasteiger partial charge in [-0.2, -0.15) is 0 Å². The molecule has 1 N–H and O–H groups in total. The van der Waals surface area contributed by atoms with Gasteiger partial charge in [0.2, 0.25) is 0 Å². The molecule has 1 fully saturated rings. The minimum Gasteiger partial charge on any atom is -0.385 e. The van der Waals surface area contributed by atoms with Crippen molar-refractivity contribution in [2.45, 2.75) is 45.4 Å². The molecule has 0 bridgehead atoms. The Bertz CT molecular complexity index is 325. The van der Waals surface area contributed by atoms with Crippen LogP contribution in [0.5, 0.6) is 0 Å². The Balaban J connectivity index is 1.73. The first-order chi connectivity index (χ1) is 8.90. The molecule has 2 rings (SSSR count). The van der Waals surface area contributed by atoms with Crippen LogP contribution in [0.3, 0.4) is 0 Å². The Kier molecular flexibility index (Phi) is 5.37. The molecule has 0 atom stereocenters. The molecule has 0 unspecified atom stereocenters. The minimum atomic E-state index is 1.10. The summed E-state index contributed by atoms with van der Waals surface area (Å²) in [5.41, 5.74) is 2.64. The molecule has 2 nitrogen and oxygen atoms in total. The highest BCUT2D eigenvalue weighted by atomic mass is 15.1. The maximum absolute atomic E-state index is 3.50. The Hall–Kier alpha value is -1.18. The number of hydrogen-bond donors (Lipinski definition) is 1. The quantitative estimate of drug-likeness (QED) is 0.722. The molecular formula is C16H26N2. The van der Waals surface area contributed by atoms with E-state index in [1.165, 1.54) is 63.0 Å². The van der Waals surface area contributed by atoms with E-state index in [-0.39, 0.29) is 0 Å². The lowest BCUT2D eigenvalue weighted by Gasteiger charge is -2.18. The maximum atomic E-state index is 3.50. The van der Waals surface area contributed by atoms with Gasteiger partial charge in [0.25, 0.3) is 0 Å². The van der Waals surface area contributed by atoms with Crippen LogP contribution in [0, 0.1) is 0 Å². The van der Waals surface area contributed by atoms with Crippen LogP contribution in [-0.4, -0.2) is 19.6 Å². The third-order valence-electron chi connectivity index (χ3n) is 3.70. The standard InChI is InChI=1S/C16H26N2/c1-2-3-4-5-12-17-15-8-10-16(11-9-15)18-13-6-7-14-18/h8-11,17H,2-7,12-14H2,1H3. The van der Waals surface area contributed by atoms with Gasteiger partial charge in [-0.1, -0.05) is 26.2 Å². The summed E-state index contributed by atoms with van der Waals surface area (Å²) in [5, 5.41) is 3.50.